The fourth-order valence-corrected chi connectivity index (χ4v) is 5.71. The summed E-state index contributed by atoms with van der Waals surface area (Å²) in [7, 11) is 2.04. The first kappa shape index (κ1) is 12.7. The summed E-state index contributed by atoms with van der Waals surface area (Å²) >= 11 is 0. The molecule has 0 aliphatic heterocycles. The van der Waals surface area contributed by atoms with Crippen molar-refractivity contribution in [2.45, 2.75) is 57.8 Å². The van der Waals surface area contributed by atoms with Crippen LogP contribution in [0.1, 0.15) is 62.5 Å². The highest BCUT2D eigenvalue weighted by Gasteiger charge is 2.50. The van der Waals surface area contributed by atoms with E-state index in [4.69, 9.17) is 0 Å². The Morgan fingerprint density at radius 1 is 1.15 bits per heavy atom. The first-order valence-electron chi connectivity index (χ1n) is 8.52. The number of hydrogen-bond acceptors (Lipinski definition) is 1. The number of fused-ring (bicyclic) bond motifs is 5. The Morgan fingerprint density at radius 3 is 2.90 bits per heavy atom. The molecule has 2 saturated carbocycles. The molecule has 108 valence electrons. The molecule has 2 fully saturated rings. The van der Waals surface area contributed by atoms with Gasteiger partial charge in [-0.15, -0.1) is 0 Å². The molecule has 0 spiro atoms. The number of nitrogens with one attached hydrogen (secondary N) is 1. The van der Waals surface area contributed by atoms with Crippen LogP contribution in [-0.2, 0) is 6.42 Å². The van der Waals surface area contributed by atoms with Crippen LogP contribution in [0, 0.1) is 17.3 Å². The van der Waals surface area contributed by atoms with Crippen LogP contribution in [0.3, 0.4) is 0 Å². The summed E-state index contributed by atoms with van der Waals surface area (Å²) in [5.74, 6) is 2.83. The largest absolute Gasteiger partial charge is 0.388 e. The minimum atomic E-state index is 0.680. The van der Waals surface area contributed by atoms with Gasteiger partial charge in [0.2, 0.25) is 0 Å². The van der Waals surface area contributed by atoms with Crippen molar-refractivity contribution in [1.29, 1.82) is 0 Å². The SMILES string of the molecule is CNc1ccc2c(c1)[C@H]1CC[C@]3(C)CCC[C@H]3[C@@H]1CC2. The molecule has 1 heteroatoms. The predicted molar refractivity (Wildman–Crippen MR) is 85.2 cm³/mol. The molecule has 20 heavy (non-hydrogen) atoms. The zero-order valence-electron chi connectivity index (χ0n) is 12.9. The number of anilines is 1. The minimum Gasteiger partial charge on any atom is -0.388 e. The van der Waals surface area contributed by atoms with Crippen molar-refractivity contribution in [1.82, 2.24) is 0 Å². The van der Waals surface area contributed by atoms with Crippen molar-refractivity contribution in [2.75, 3.05) is 12.4 Å². The van der Waals surface area contributed by atoms with E-state index in [0.29, 0.717) is 5.41 Å². The molecule has 0 radical (unpaired) electrons. The lowest BCUT2D eigenvalue weighted by Crippen LogP contribution is -2.39. The maximum absolute atomic E-state index is 3.33. The Kier molecular flexibility index (Phi) is 2.87. The molecule has 0 saturated heterocycles. The van der Waals surface area contributed by atoms with Gasteiger partial charge in [-0.25, -0.2) is 0 Å². The fraction of sp³-hybridized carbons (Fsp3) is 0.684. The molecule has 1 aromatic carbocycles. The van der Waals surface area contributed by atoms with Crippen LogP contribution in [0.2, 0.25) is 0 Å². The van der Waals surface area contributed by atoms with Gasteiger partial charge in [0.15, 0.2) is 0 Å². The van der Waals surface area contributed by atoms with Crippen molar-refractivity contribution in [3.63, 3.8) is 0 Å². The number of benzene rings is 1. The maximum Gasteiger partial charge on any atom is 0.0340 e. The standard InChI is InChI=1S/C19H27N/c1-19-10-3-4-18(19)16-8-6-13-5-7-14(20-2)12-17(13)15(16)9-11-19/h5,7,12,15-16,18,20H,3-4,6,8-11H2,1-2H3/t15-,16+,18-,19-/m0/s1. The summed E-state index contributed by atoms with van der Waals surface area (Å²) in [6, 6.07) is 7.07. The average Bonchev–Trinajstić information content (AvgIpc) is 2.88. The highest BCUT2D eigenvalue weighted by Crippen LogP contribution is 2.60. The Bertz CT molecular complexity index is 520. The van der Waals surface area contributed by atoms with Gasteiger partial charge in [0.05, 0.1) is 0 Å². The Labute approximate surface area is 123 Å². The van der Waals surface area contributed by atoms with E-state index in [1.54, 1.807) is 11.1 Å². The van der Waals surface area contributed by atoms with E-state index in [1.165, 1.54) is 50.6 Å². The second kappa shape index (κ2) is 4.51. The highest BCUT2D eigenvalue weighted by molar-refractivity contribution is 5.50. The van der Waals surface area contributed by atoms with Crippen molar-refractivity contribution in [2.24, 2.45) is 17.3 Å². The minimum absolute atomic E-state index is 0.680. The van der Waals surface area contributed by atoms with Gasteiger partial charge in [0, 0.05) is 12.7 Å². The van der Waals surface area contributed by atoms with E-state index in [0.717, 1.165) is 17.8 Å². The monoisotopic (exact) mass is 269 g/mol. The maximum atomic E-state index is 3.33. The molecular formula is C19H27N. The Balaban J connectivity index is 1.72. The first-order valence-corrected chi connectivity index (χ1v) is 8.52. The Morgan fingerprint density at radius 2 is 2.05 bits per heavy atom. The zero-order valence-corrected chi connectivity index (χ0v) is 12.9. The van der Waals surface area contributed by atoms with Gasteiger partial charge in [-0.05, 0) is 85.0 Å². The van der Waals surface area contributed by atoms with Gasteiger partial charge < -0.3 is 5.32 Å². The van der Waals surface area contributed by atoms with E-state index in [2.05, 4.69) is 30.4 Å². The summed E-state index contributed by atoms with van der Waals surface area (Å²) in [5.41, 5.74) is 5.29. The van der Waals surface area contributed by atoms with Gasteiger partial charge in [0.25, 0.3) is 0 Å². The summed E-state index contributed by atoms with van der Waals surface area (Å²) in [6.07, 6.45) is 10.1. The van der Waals surface area contributed by atoms with Gasteiger partial charge in [-0.2, -0.15) is 0 Å². The van der Waals surface area contributed by atoms with Crippen molar-refractivity contribution < 1.29 is 0 Å². The quantitative estimate of drug-likeness (QED) is 0.758. The lowest BCUT2D eigenvalue weighted by atomic mass is 9.56. The van der Waals surface area contributed by atoms with E-state index in [9.17, 15) is 0 Å². The highest BCUT2D eigenvalue weighted by atomic mass is 14.8. The normalized spacial score (nSPS) is 38.8. The zero-order chi connectivity index (χ0) is 13.7. The van der Waals surface area contributed by atoms with E-state index < -0.39 is 0 Å². The summed E-state index contributed by atoms with van der Waals surface area (Å²) in [4.78, 5) is 0. The molecule has 0 amide bonds. The number of hydrogen-bond donors (Lipinski definition) is 1. The molecule has 0 unspecified atom stereocenters. The van der Waals surface area contributed by atoms with Crippen molar-refractivity contribution >= 4 is 5.69 Å². The van der Waals surface area contributed by atoms with Crippen molar-refractivity contribution in [3.05, 3.63) is 29.3 Å². The van der Waals surface area contributed by atoms with Crippen molar-refractivity contribution in [3.8, 4) is 0 Å². The number of rotatable bonds is 1. The first-order chi connectivity index (χ1) is 9.71. The van der Waals surface area contributed by atoms with E-state index in [1.807, 2.05) is 7.05 Å². The third-order valence-corrected chi connectivity index (χ3v) is 6.80. The molecule has 0 bridgehead atoms. The lowest BCUT2D eigenvalue weighted by Gasteiger charge is -2.49. The van der Waals surface area contributed by atoms with Gasteiger partial charge in [0.1, 0.15) is 0 Å². The number of aryl methyl sites for hydroxylation is 1. The van der Waals surface area contributed by atoms with Gasteiger partial charge in [-0.3, -0.25) is 0 Å². The lowest BCUT2D eigenvalue weighted by molar-refractivity contribution is 0.0599. The summed E-state index contributed by atoms with van der Waals surface area (Å²) in [6.45, 7) is 2.58. The third-order valence-electron chi connectivity index (χ3n) is 6.80. The summed E-state index contributed by atoms with van der Waals surface area (Å²) < 4.78 is 0. The second-order valence-electron chi connectivity index (χ2n) is 7.66. The molecule has 3 aliphatic rings. The van der Waals surface area contributed by atoms with Gasteiger partial charge >= 0.3 is 0 Å². The topological polar surface area (TPSA) is 12.0 Å². The average molecular weight is 269 g/mol. The summed E-state index contributed by atoms with van der Waals surface area (Å²) in [5, 5.41) is 3.33. The molecule has 1 aromatic rings. The van der Waals surface area contributed by atoms with Crippen LogP contribution in [0.25, 0.3) is 0 Å². The van der Waals surface area contributed by atoms with Crippen LogP contribution in [0.5, 0.6) is 0 Å². The van der Waals surface area contributed by atoms with Crippen LogP contribution < -0.4 is 5.32 Å². The van der Waals surface area contributed by atoms with Crippen LogP contribution in [0.15, 0.2) is 18.2 Å². The third kappa shape index (κ3) is 1.75. The van der Waals surface area contributed by atoms with Gasteiger partial charge in [-0.1, -0.05) is 19.4 Å². The van der Waals surface area contributed by atoms with Crippen LogP contribution in [0.4, 0.5) is 5.69 Å². The Hall–Kier alpha value is -0.980. The molecule has 0 heterocycles. The smallest absolute Gasteiger partial charge is 0.0340 e. The predicted octanol–water partition coefficient (Wildman–Crippen LogP) is 4.97. The molecular weight excluding hydrogens is 242 g/mol. The van der Waals surface area contributed by atoms with E-state index >= 15 is 0 Å². The molecule has 0 aromatic heterocycles. The molecule has 4 rings (SSSR count). The van der Waals surface area contributed by atoms with Crippen LogP contribution >= 0.6 is 0 Å². The molecule has 3 aliphatic carbocycles. The molecule has 4 atom stereocenters. The van der Waals surface area contributed by atoms with Crippen LogP contribution in [-0.4, -0.2) is 7.05 Å². The second-order valence-corrected chi connectivity index (χ2v) is 7.66. The van der Waals surface area contributed by atoms with E-state index in [-0.39, 0.29) is 0 Å². The molecule has 1 N–H and O–H groups in total. The molecule has 1 nitrogen and oxygen atoms in total. The fourth-order valence-electron chi connectivity index (χ4n) is 5.71.